The molecule has 124 valence electrons. The maximum absolute atomic E-state index is 5.84. The van der Waals surface area contributed by atoms with E-state index >= 15 is 0 Å². The van der Waals surface area contributed by atoms with E-state index in [1.165, 1.54) is 26.1 Å². The Morgan fingerprint density at radius 2 is 1.44 bits per heavy atom. The van der Waals surface area contributed by atoms with Gasteiger partial charge in [0.25, 0.3) is 0 Å². The Kier molecular flexibility index (Phi) is 4.51. The van der Waals surface area contributed by atoms with Crippen molar-refractivity contribution in [3.05, 3.63) is 101 Å². The van der Waals surface area contributed by atoms with Crippen LogP contribution in [0.1, 0.15) is 22.0 Å². The quantitative estimate of drug-likeness (QED) is 0.497. The average molecular weight is 344 g/mol. The second-order valence-electron chi connectivity index (χ2n) is 6.03. The molecule has 0 atom stereocenters. The van der Waals surface area contributed by atoms with Crippen LogP contribution in [0.5, 0.6) is 0 Å². The van der Waals surface area contributed by atoms with Gasteiger partial charge in [-0.25, -0.2) is 0 Å². The summed E-state index contributed by atoms with van der Waals surface area (Å²) in [5.74, 6) is 0. The lowest BCUT2D eigenvalue weighted by molar-refractivity contribution is 0.942. The van der Waals surface area contributed by atoms with Gasteiger partial charge in [-0.15, -0.1) is 11.3 Å². The van der Waals surface area contributed by atoms with Gasteiger partial charge >= 0.3 is 0 Å². The zero-order chi connectivity index (χ0) is 17.1. The summed E-state index contributed by atoms with van der Waals surface area (Å²) < 4.78 is 1.27. The number of rotatable bonds is 5. The van der Waals surface area contributed by atoms with Crippen molar-refractivity contribution in [2.24, 2.45) is 5.73 Å². The van der Waals surface area contributed by atoms with Gasteiger partial charge in [0, 0.05) is 27.2 Å². The molecule has 4 aromatic rings. The molecule has 0 aliphatic rings. The van der Waals surface area contributed by atoms with Gasteiger partial charge in [-0.3, -0.25) is 0 Å². The molecule has 0 bridgehead atoms. The van der Waals surface area contributed by atoms with Crippen LogP contribution in [-0.4, -0.2) is 0 Å². The maximum atomic E-state index is 5.84. The molecular formula is C22H20N2S. The highest BCUT2D eigenvalue weighted by atomic mass is 32.1. The molecule has 2 nitrogen and oxygen atoms in total. The van der Waals surface area contributed by atoms with Gasteiger partial charge in [-0.05, 0) is 29.3 Å². The first-order chi connectivity index (χ1) is 12.3. The number of hydrogen-bond acceptors (Lipinski definition) is 3. The molecular weight excluding hydrogens is 324 g/mol. The molecule has 0 amide bonds. The molecule has 0 unspecified atom stereocenters. The van der Waals surface area contributed by atoms with Crippen molar-refractivity contribution in [3.8, 4) is 0 Å². The van der Waals surface area contributed by atoms with E-state index in [-0.39, 0.29) is 6.04 Å². The molecule has 0 fully saturated rings. The predicted octanol–water partition coefficient (Wildman–Crippen LogP) is 5.56. The van der Waals surface area contributed by atoms with Crippen molar-refractivity contribution in [2.45, 2.75) is 12.6 Å². The largest absolute Gasteiger partial charge is 0.374 e. The third kappa shape index (κ3) is 3.29. The molecule has 0 spiro atoms. The topological polar surface area (TPSA) is 38.0 Å². The molecule has 0 saturated heterocycles. The molecule has 3 aromatic carbocycles. The summed E-state index contributed by atoms with van der Waals surface area (Å²) in [5.41, 5.74) is 9.48. The highest BCUT2D eigenvalue weighted by molar-refractivity contribution is 7.19. The number of nitrogens with two attached hydrogens (primary N) is 1. The highest BCUT2D eigenvalue weighted by Crippen LogP contribution is 2.34. The summed E-state index contributed by atoms with van der Waals surface area (Å²) in [6.45, 7) is 0.583. The SMILES string of the molecule is NCc1cc2c(NC(c3ccccc3)c3ccccc3)cccc2s1. The van der Waals surface area contributed by atoms with Crippen LogP contribution in [0.2, 0.25) is 0 Å². The standard InChI is InChI=1S/C22H20N2S/c23-15-18-14-19-20(12-7-13-21(19)25-18)24-22(16-8-3-1-4-9-16)17-10-5-2-6-11-17/h1-14,22,24H,15,23H2. The van der Waals surface area contributed by atoms with E-state index < -0.39 is 0 Å². The van der Waals surface area contributed by atoms with E-state index in [2.05, 4.69) is 90.2 Å². The van der Waals surface area contributed by atoms with E-state index in [0.717, 1.165) is 5.69 Å². The van der Waals surface area contributed by atoms with Crippen molar-refractivity contribution in [1.29, 1.82) is 0 Å². The van der Waals surface area contributed by atoms with Gasteiger partial charge < -0.3 is 11.1 Å². The minimum Gasteiger partial charge on any atom is -0.374 e. The minimum absolute atomic E-state index is 0.106. The normalized spacial score (nSPS) is 11.1. The zero-order valence-corrected chi connectivity index (χ0v) is 14.7. The minimum atomic E-state index is 0.106. The molecule has 1 aromatic heterocycles. The Morgan fingerprint density at radius 1 is 0.800 bits per heavy atom. The number of hydrogen-bond donors (Lipinski definition) is 2. The summed E-state index contributed by atoms with van der Waals surface area (Å²) in [7, 11) is 0. The number of anilines is 1. The summed E-state index contributed by atoms with van der Waals surface area (Å²) in [4.78, 5) is 1.21. The van der Waals surface area contributed by atoms with Crippen molar-refractivity contribution in [1.82, 2.24) is 0 Å². The van der Waals surface area contributed by atoms with E-state index in [9.17, 15) is 0 Å². The molecule has 25 heavy (non-hydrogen) atoms. The van der Waals surface area contributed by atoms with Crippen LogP contribution in [-0.2, 0) is 6.54 Å². The summed E-state index contributed by atoms with van der Waals surface area (Å²) >= 11 is 1.77. The van der Waals surface area contributed by atoms with Crippen LogP contribution in [0.3, 0.4) is 0 Å². The Balaban J connectivity index is 1.78. The van der Waals surface area contributed by atoms with Crippen molar-refractivity contribution in [2.75, 3.05) is 5.32 Å². The van der Waals surface area contributed by atoms with Gasteiger partial charge in [0.2, 0.25) is 0 Å². The Bertz CT molecular complexity index is 922. The lowest BCUT2D eigenvalue weighted by atomic mass is 9.98. The van der Waals surface area contributed by atoms with E-state index in [1.54, 1.807) is 11.3 Å². The smallest absolute Gasteiger partial charge is 0.0767 e. The fourth-order valence-corrected chi connectivity index (χ4v) is 4.11. The van der Waals surface area contributed by atoms with Crippen LogP contribution in [0.4, 0.5) is 5.69 Å². The third-order valence-electron chi connectivity index (χ3n) is 4.38. The monoisotopic (exact) mass is 344 g/mol. The third-order valence-corrected chi connectivity index (χ3v) is 5.50. The Morgan fingerprint density at radius 3 is 2.04 bits per heavy atom. The van der Waals surface area contributed by atoms with Crippen LogP contribution >= 0.6 is 11.3 Å². The molecule has 0 aliphatic heterocycles. The maximum Gasteiger partial charge on any atom is 0.0767 e. The van der Waals surface area contributed by atoms with E-state index in [4.69, 9.17) is 5.73 Å². The first-order valence-electron chi connectivity index (χ1n) is 8.43. The Hall–Kier alpha value is -2.62. The van der Waals surface area contributed by atoms with Crippen molar-refractivity contribution < 1.29 is 0 Å². The second kappa shape index (κ2) is 7.09. The molecule has 0 aliphatic carbocycles. The number of benzene rings is 3. The van der Waals surface area contributed by atoms with E-state index in [0.29, 0.717) is 6.54 Å². The molecule has 0 saturated carbocycles. The van der Waals surface area contributed by atoms with Crippen molar-refractivity contribution in [3.63, 3.8) is 0 Å². The van der Waals surface area contributed by atoms with Gasteiger partial charge in [0.1, 0.15) is 0 Å². The highest BCUT2D eigenvalue weighted by Gasteiger charge is 2.15. The summed E-state index contributed by atoms with van der Waals surface area (Å²) in [5, 5.41) is 5.00. The predicted molar refractivity (Wildman–Crippen MR) is 108 cm³/mol. The molecule has 4 rings (SSSR count). The number of thiophene rings is 1. The van der Waals surface area contributed by atoms with E-state index in [1.807, 2.05) is 0 Å². The molecule has 3 heteroatoms. The van der Waals surface area contributed by atoms with Gasteiger partial charge in [-0.1, -0.05) is 66.7 Å². The second-order valence-corrected chi connectivity index (χ2v) is 7.20. The first-order valence-corrected chi connectivity index (χ1v) is 9.25. The number of fused-ring (bicyclic) bond motifs is 1. The lowest BCUT2D eigenvalue weighted by Gasteiger charge is -2.21. The fraction of sp³-hybridized carbons (Fsp3) is 0.0909. The molecule has 1 heterocycles. The van der Waals surface area contributed by atoms with Crippen LogP contribution in [0.15, 0.2) is 84.9 Å². The summed E-state index contributed by atoms with van der Waals surface area (Å²) in [6.07, 6.45) is 0. The lowest BCUT2D eigenvalue weighted by Crippen LogP contribution is -2.12. The van der Waals surface area contributed by atoms with Gasteiger partial charge in [0.15, 0.2) is 0 Å². The Labute approximate surface area is 151 Å². The van der Waals surface area contributed by atoms with Crippen LogP contribution < -0.4 is 11.1 Å². The first kappa shape index (κ1) is 15.9. The van der Waals surface area contributed by atoms with Gasteiger partial charge in [0.05, 0.1) is 6.04 Å². The van der Waals surface area contributed by atoms with Crippen LogP contribution in [0, 0.1) is 0 Å². The number of nitrogens with one attached hydrogen (secondary N) is 1. The fourth-order valence-electron chi connectivity index (χ4n) is 3.15. The molecule has 0 radical (unpaired) electrons. The summed E-state index contributed by atoms with van der Waals surface area (Å²) in [6, 6.07) is 29.9. The average Bonchev–Trinajstić information content (AvgIpc) is 3.11. The van der Waals surface area contributed by atoms with Crippen LogP contribution in [0.25, 0.3) is 10.1 Å². The molecule has 3 N–H and O–H groups in total. The van der Waals surface area contributed by atoms with Crippen molar-refractivity contribution >= 4 is 27.1 Å². The zero-order valence-electron chi connectivity index (χ0n) is 13.9. The van der Waals surface area contributed by atoms with Gasteiger partial charge in [-0.2, -0.15) is 0 Å².